The summed E-state index contributed by atoms with van der Waals surface area (Å²) >= 11 is 0. The van der Waals surface area contributed by atoms with Crippen LogP contribution in [0.15, 0.2) is 170 Å². The third kappa shape index (κ3) is 3.71. The molecular weight excluding hydrogens is 544 g/mol. The molecule has 0 aliphatic heterocycles. The first-order chi connectivity index (χ1) is 22.2. The third-order valence-electron chi connectivity index (χ3n) is 9.70. The number of benzene rings is 7. The SMILES string of the molecule is O=C1c2cc(-c3cccc(-c4ccccc4)c3)ccc2C2(c3cc(-c4ccccc4)ccc31)c1ccccc1-c1ccccc12. The monoisotopic (exact) mass is 572 g/mol. The lowest BCUT2D eigenvalue weighted by atomic mass is 9.60. The highest BCUT2D eigenvalue weighted by Gasteiger charge is 2.51. The molecule has 0 aromatic heterocycles. The van der Waals surface area contributed by atoms with Gasteiger partial charge in [-0.2, -0.15) is 0 Å². The van der Waals surface area contributed by atoms with Gasteiger partial charge in [0.25, 0.3) is 0 Å². The molecule has 0 saturated carbocycles. The Hall–Kier alpha value is -5.79. The summed E-state index contributed by atoms with van der Waals surface area (Å²) in [7, 11) is 0. The van der Waals surface area contributed by atoms with E-state index in [1.54, 1.807) is 0 Å². The van der Waals surface area contributed by atoms with Crippen molar-refractivity contribution in [3.05, 3.63) is 203 Å². The standard InChI is InChI=1S/C44H28O/c45-43-37-24-22-34(30-14-5-2-6-15-30)28-42(37)44(39-20-9-7-18-35(39)36-19-8-10-21-40(36)44)41-25-23-33(27-38(41)43)32-17-11-16-31(26-32)29-12-3-1-4-13-29/h1-28H. The Balaban J connectivity index is 1.32. The maximum absolute atomic E-state index is 14.6. The van der Waals surface area contributed by atoms with Crippen molar-refractivity contribution in [1.82, 2.24) is 0 Å². The first-order valence-corrected chi connectivity index (χ1v) is 15.5. The van der Waals surface area contributed by atoms with Crippen molar-refractivity contribution < 1.29 is 4.79 Å². The van der Waals surface area contributed by atoms with Gasteiger partial charge in [0.15, 0.2) is 5.78 Å². The highest BCUT2D eigenvalue weighted by Crippen LogP contribution is 2.59. The van der Waals surface area contributed by atoms with Crippen LogP contribution in [0.25, 0.3) is 44.5 Å². The third-order valence-corrected chi connectivity index (χ3v) is 9.70. The molecule has 0 heterocycles. The van der Waals surface area contributed by atoms with Crippen LogP contribution in [0, 0.1) is 0 Å². The predicted octanol–water partition coefficient (Wildman–Crippen LogP) is 10.6. The fourth-order valence-electron chi connectivity index (χ4n) is 7.72. The van der Waals surface area contributed by atoms with Crippen LogP contribution in [-0.4, -0.2) is 5.78 Å². The Morgan fingerprint density at radius 3 is 1.40 bits per heavy atom. The molecule has 7 aromatic rings. The highest BCUT2D eigenvalue weighted by atomic mass is 16.1. The van der Waals surface area contributed by atoms with E-state index in [4.69, 9.17) is 0 Å². The summed E-state index contributed by atoms with van der Waals surface area (Å²) in [5, 5.41) is 0. The van der Waals surface area contributed by atoms with Crippen LogP contribution in [0.1, 0.15) is 38.2 Å². The van der Waals surface area contributed by atoms with Crippen LogP contribution in [0.2, 0.25) is 0 Å². The van der Waals surface area contributed by atoms with Gasteiger partial charge in [-0.15, -0.1) is 0 Å². The summed E-state index contributed by atoms with van der Waals surface area (Å²) in [6.07, 6.45) is 0. The van der Waals surface area contributed by atoms with E-state index in [1.165, 1.54) is 27.8 Å². The van der Waals surface area contributed by atoms with Crippen molar-refractivity contribution in [1.29, 1.82) is 0 Å². The smallest absolute Gasteiger partial charge is 0.193 e. The molecule has 7 aromatic carbocycles. The van der Waals surface area contributed by atoms with Crippen LogP contribution in [0.4, 0.5) is 0 Å². The lowest BCUT2D eigenvalue weighted by Gasteiger charge is -2.40. The topological polar surface area (TPSA) is 17.1 Å². The fraction of sp³-hybridized carbons (Fsp3) is 0.0227. The molecule has 45 heavy (non-hydrogen) atoms. The van der Waals surface area contributed by atoms with E-state index in [1.807, 2.05) is 12.1 Å². The van der Waals surface area contributed by atoms with E-state index in [2.05, 4.69) is 158 Å². The maximum Gasteiger partial charge on any atom is 0.193 e. The molecule has 0 unspecified atom stereocenters. The van der Waals surface area contributed by atoms with Crippen molar-refractivity contribution in [2.75, 3.05) is 0 Å². The van der Waals surface area contributed by atoms with Gasteiger partial charge >= 0.3 is 0 Å². The van der Waals surface area contributed by atoms with Crippen LogP contribution in [0.3, 0.4) is 0 Å². The first-order valence-electron chi connectivity index (χ1n) is 15.5. The number of carbonyl (C=O) groups excluding carboxylic acids is 1. The quantitative estimate of drug-likeness (QED) is 0.206. The molecule has 0 fully saturated rings. The van der Waals surface area contributed by atoms with E-state index in [-0.39, 0.29) is 5.78 Å². The van der Waals surface area contributed by atoms with Gasteiger partial charge in [0.2, 0.25) is 0 Å². The molecule has 1 heteroatoms. The number of carbonyl (C=O) groups is 1. The first kappa shape index (κ1) is 25.7. The summed E-state index contributed by atoms with van der Waals surface area (Å²) < 4.78 is 0. The molecule has 0 atom stereocenters. The summed E-state index contributed by atoms with van der Waals surface area (Å²) in [6.45, 7) is 0. The van der Waals surface area contributed by atoms with Gasteiger partial charge in [-0.25, -0.2) is 0 Å². The summed E-state index contributed by atoms with van der Waals surface area (Å²) in [4.78, 5) is 14.6. The van der Waals surface area contributed by atoms with Crippen LogP contribution in [-0.2, 0) is 5.41 Å². The molecule has 2 aliphatic carbocycles. The largest absolute Gasteiger partial charge is 0.289 e. The Morgan fingerprint density at radius 2 is 0.756 bits per heavy atom. The van der Waals surface area contributed by atoms with Crippen molar-refractivity contribution in [2.24, 2.45) is 0 Å². The molecule has 0 N–H and O–H groups in total. The van der Waals surface area contributed by atoms with E-state index in [0.717, 1.165) is 50.1 Å². The van der Waals surface area contributed by atoms with E-state index >= 15 is 0 Å². The lowest BCUT2D eigenvalue weighted by molar-refractivity contribution is 0.103. The van der Waals surface area contributed by atoms with Gasteiger partial charge in [0.1, 0.15) is 0 Å². The minimum absolute atomic E-state index is 0.0770. The molecule has 0 amide bonds. The second-order valence-corrected chi connectivity index (χ2v) is 12.0. The zero-order chi connectivity index (χ0) is 30.0. The number of fused-ring (bicyclic) bond motifs is 9. The minimum atomic E-state index is -0.610. The number of hydrogen-bond donors (Lipinski definition) is 0. The molecule has 1 nitrogen and oxygen atoms in total. The molecule has 0 bridgehead atoms. The van der Waals surface area contributed by atoms with Crippen LogP contribution in [0.5, 0.6) is 0 Å². The van der Waals surface area contributed by atoms with Crippen molar-refractivity contribution in [2.45, 2.75) is 5.41 Å². The molecule has 0 radical (unpaired) electrons. The molecule has 9 rings (SSSR count). The normalized spacial score (nSPS) is 13.6. The minimum Gasteiger partial charge on any atom is -0.289 e. The molecular formula is C44H28O. The Bertz CT molecular complexity index is 2230. The van der Waals surface area contributed by atoms with Gasteiger partial charge < -0.3 is 0 Å². The molecule has 2 aliphatic rings. The maximum atomic E-state index is 14.6. The van der Waals surface area contributed by atoms with Crippen molar-refractivity contribution in [3.63, 3.8) is 0 Å². The number of ketones is 1. The fourth-order valence-corrected chi connectivity index (χ4v) is 7.72. The zero-order valence-electron chi connectivity index (χ0n) is 24.6. The predicted molar refractivity (Wildman–Crippen MR) is 183 cm³/mol. The lowest BCUT2D eigenvalue weighted by Crippen LogP contribution is -2.36. The van der Waals surface area contributed by atoms with Crippen molar-refractivity contribution >= 4 is 5.78 Å². The summed E-state index contributed by atoms with van der Waals surface area (Å²) in [5.74, 6) is 0.0770. The second-order valence-electron chi connectivity index (χ2n) is 12.0. The van der Waals surface area contributed by atoms with E-state index < -0.39 is 5.41 Å². The average Bonchev–Trinajstić information content (AvgIpc) is 3.42. The van der Waals surface area contributed by atoms with E-state index in [0.29, 0.717) is 0 Å². The van der Waals surface area contributed by atoms with Gasteiger partial charge in [0, 0.05) is 11.1 Å². The summed E-state index contributed by atoms with van der Waals surface area (Å²) in [6, 6.07) is 59.9. The van der Waals surface area contributed by atoms with Crippen molar-refractivity contribution in [3.8, 4) is 44.5 Å². The molecule has 1 spiro atoms. The summed E-state index contributed by atoms with van der Waals surface area (Å²) in [5.41, 5.74) is 14.7. The van der Waals surface area contributed by atoms with Gasteiger partial charge in [-0.3, -0.25) is 4.79 Å². The zero-order valence-corrected chi connectivity index (χ0v) is 24.6. The van der Waals surface area contributed by atoms with Crippen LogP contribution >= 0.6 is 0 Å². The van der Waals surface area contributed by atoms with Gasteiger partial charge in [-0.1, -0.05) is 152 Å². The Labute approximate surface area is 263 Å². The Kier molecular flexibility index (Phi) is 5.63. The Morgan fingerprint density at radius 1 is 0.289 bits per heavy atom. The van der Waals surface area contributed by atoms with Gasteiger partial charge in [0.05, 0.1) is 5.41 Å². The van der Waals surface area contributed by atoms with E-state index in [9.17, 15) is 4.79 Å². The second kappa shape index (κ2) is 9.87. The molecule has 210 valence electrons. The average molecular weight is 573 g/mol. The molecule has 0 saturated heterocycles. The number of rotatable bonds is 3. The number of hydrogen-bond acceptors (Lipinski definition) is 1. The van der Waals surface area contributed by atoms with Gasteiger partial charge in [-0.05, 0) is 85.0 Å². The van der Waals surface area contributed by atoms with Crippen LogP contribution < -0.4 is 0 Å². The highest BCUT2D eigenvalue weighted by molar-refractivity contribution is 6.15.